The topological polar surface area (TPSA) is 29.5 Å². The summed E-state index contributed by atoms with van der Waals surface area (Å²) in [5.41, 5.74) is 0.400. The second kappa shape index (κ2) is 4.43. The second-order valence-corrected chi connectivity index (χ2v) is 2.68. The third-order valence-corrected chi connectivity index (χ3v) is 1.59. The van der Waals surface area contributed by atoms with Crippen molar-refractivity contribution in [3.63, 3.8) is 0 Å². The number of rotatable bonds is 3. The fourth-order valence-electron chi connectivity index (χ4n) is 0.945. The Kier molecular flexibility index (Phi) is 3.49. The van der Waals surface area contributed by atoms with Gasteiger partial charge in [0.15, 0.2) is 0 Å². The predicted octanol–water partition coefficient (Wildman–Crippen LogP) is 2.26. The van der Waals surface area contributed by atoms with Crippen molar-refractivity contribution in [3.8, 4) is 0 Å². The van der Waals surface area contributed by atoms with Crippen LogP contribution in [0.1, 0.15) is 11.7 Å². The Labute approximate surface area is 78.9 Å². The molecule has 0 aromatic heterocycles. The maximum Gasteiger partial charge on any atom is 0.522 e. The molecule has 1 rings (SSSR count). The van der Waals surface area contributed by atoms with Gasteiger partial charge in [-0.2, -0.15) is 0 Å². The summed E-state index contributed by atoms with van der Waals surface area (Å²) < 4.78 is 38.3. The first-order valence-electron chi connectivity index (χ1n) is 3.93. The molecule has 2 nitrogen and oxygen atoms in total. The summed E-state index contributed by atoms with van der Waals surface area (Å²) in [4.78, 5) is 0. The van der Waals surface area contributed by atoms with Crippen molar-refractivity contribution >= 4 is 0 Å². The lowest BCUT2D eigenvalue weighted by Gasteiger charge is -2.12. The van der Waals surface area contributed by atoms with Crippen LogP contribution in [0.25, 0.3) is 0 Å². The fraction of sp³-hybridized carbons (Fsp3) is 0.333. The Morgan fingerprint density at radius 3 is 2.29 bits per heavy atom. The van der Waals surface area contributed by atoms with Crippen molar-refractivity contribution in [2.75, 3.05) is 6.61 Å². The van der Waals surface area contributed by atoms with Gasteiger partial charge in [-0.15, -0.1) is 13.2 Å². The van der Waals surface area contributed by atoms with Gasteiger partial charge in [-0.1, -0.05) is 30.3 Å². The van der Waals surface area contributed by atoms with Gasteiger partial charge in [-0.25, -0.2) is 0 Å². The highest BCUT2D eigenvalue weighted by molar-refractivity contribution is 5.17. The minimum Gasteiger partial charge on any atom is -0.386 e. The van der Waals surface area contributed by atoms with E-state index in [2.05, 4.69) is 4.74 Å². The van der Waals surface area contributed by atoms with Crippen LogP contribution in [-0.4, -0.2) is 18.1 Å². The van der Waals surface area contributed by atoms with E-state index in [0.29, 0.717) is 5.56 Å². The monoisotopic (exact) mass is 206 g/mol. The minimum atomic E-state index is -4.70. The first-order chi connectivity index (χ1) is 6.49. The van der Waals surface area contributed by atoms with Gasteiger partial charge < -0.3 is 5.11 Å². The first-order valence-corrected chi connectivity index (χ1v) is 3.93. The molecule has 1 aromatic rings. The Morgan fingerprint density at radius 2 is 1.79 bits per heavy atom. The molecule has 0 amide bonds. The van der Waals surface area contributed by atoms with Crippen molar-refractivity contribution in [1.82, 2.24) is 0 Å². The quantitative estimate of drug-likeness (QED) is 0.821. The van der Waals surface area contributed by atoms with E-state index in [1.807, 2.05) is 0 Å². The van der Waals surface area contributed by atoms with E-state index in [4.69, 9.17) is 0 Å². The number of ether oxygens (including phenoxy) is 1. The molecule has 0 radical (unpaired) electrons. The van der Waals surface area contributed by atoms with Gasteiger partial charge in [-0.3, -0.25) is 4.74 Å². The molecule has 0 aliphatic carbocycles. The highest BCUT2D eigenvalue weighted by Gasteiger charge is 2.30. The molecule has 1 atom stereocenters. The Hall–Kier alpha value is -1.07. The smallest absolute Gasteiger partial charge is 0.386 e. The number of aliphatic hydroxyl groups is 1. The number of benzene rings is 1. The largest absolute Gasteiger partial charge is 0.522 e. The van der Waals surface area contributed by atoms with Gasteiger partial charge in [0.2, 0.25) is 0 Å². The summed E-state index contributed by atoms with van der Waals surface area (Å²) in [6, 6.07) is 8.04. The van der Waals surface area contributed by atoms with Crippen molar-refractivity contribution in [2.24, 2.45) is 0 Å². The average Bonchev–Trinajstić information content (AvgIpc) is 2.14. The molecule has 0 aliphatic heterocycles. The van der Waals surface area contributed by atoms with Crippen LogP contribution in [0.5, 0.6) is 0 Å². The lowest BCUT2D eigenvalue weighted by atomic mass is 10.1. The molecule has 0 spiro atoms. The lowest BCUT2D eigenvalue weighted by Crippen LogP contribution is -2.18. The molecule has 0 bridgehead atoms. The summed E-state index contributed by atoms with van der Waals surface area (Å²) in [5.74, 6) is 0. The van der Waals surface area contributed by atoms with Crippen LogP contribution in [0.15, 0.2) is 30.3 Å². The summed E-state index contributed by atoms with van der Waals surface area (Å²) >= 11 is 0. The van der Waals surface area contributed by atoms with Gasteiger partial charge in [0.25, 0.3) is 0 Å². The molecule has 0 unspecified atom stereocenters. The number of hydrogen-bond donors (Lipinski definition) is 1. The van der Waals surface area contributed by atoms with Crippen LogP contribution < -0.4 is 0 Å². The molecule has 5 heteroatoms. The van der Waals surface area contributed by atoms with Gasteiger partial charge in [0, 0.05) is 0 Å². The summed E-state index contributed by atoms with van der Waals surface area (Å²) in [6.45, 7) is -0.784. The zero-order valence-corrected chi connectivity index (χ0v) is 7.16. The third-order valence-electron chi connectivity index (χ3n) is 1.59. The van der Waals surface area contributed by atoms with Crippen molar-refractivity contribution in [3.05, 3.63) is 35.9 Å². The van der Waals surface area contributed by atoms with Gasteiger partial charge in [-0.05, 0) is 5.56 Å². The van der Waals surface area contributed by atoms with Crippen molar-refractivity contribution in [2.45, 2.75) is 12.5 Å². The molecule has 1 aromatic carbocycles. The van der Waals surface area contributed by atoms with E-state index in [1.165, 1.54) is 12.1 Å². The van der Waals surface area contributed by atoms with Crippen LogP contribution in [0.4, 0.5) is 13.2 Å². The van der Waals surface area contributed by atoms with Gasteiger partial charge >= 0.3 is 6.36 Å². The number of aliphatic hydroxyl groups excluding tert-OH is 1. The summed E-state index contributed by atoms with van der Waals surface area (Å²) in [5, 5.41) is 9.26. The molecule has 0 saturated heterocycles. The fourth-order valence-corrected chi connectivity index (χ4v) is 0.945. The van der Waals surface area contributed by atoms with Crippen LogP contribution in [0, 0.1) is 0 Å². The number of alkyl halides is 3. The van der Waals surface area contributed by atoms with Crippen LogP contribution in [0.3, 0.4) is 0 Å². The predicted molar refractivity (Wildman–Crippen MR) is 43.4 cm³/mol. The van der Waals surface area contributed by atoms with Crippen LogP contribution >= 0.6 is 0 Å². The molecule has 0 heterocycles. The average molecular weight is 206 g/mol. The lowest BCUT2D eigenvalue weighted by molar-refractivity contribution is -0.331. The molecule has 14 heavy (non-hydrogen) atoms. The molecule has 0 aliphatic rings. The third kappa shape index (κ3) is 3.76. The maximum absolute atomic E-state index is 11.6. The standard InChI is InChI=1S/C9H9F3O2/c10-9(11,12)14-6-8(13)7-4-2-1-3-5-7/h1-5,8,13H,6H2/t8-/m0/s1. The molecule has 78 valence electrons. The van der Waals surface area contributed by atoms with E-state index in [1.54, 1.807) is 18.2 Å². The number of halogens is 3. The first kappa shape index (κ1) is 11.0. The van der Waals surface area contributed by atoms with E-state index in [9.17, 15) is 18.3 Å². The molecule has 1 N–H and O–H groups in total. The zero-order valence-electron chi connectivity index (χ0n) is 7.16. The van der Waals surface area contributed by atoms with Crippen LogP contribution in [-0.2, 0) is 4.74 Å². The highest BCUT2D eigenvalue weighted by Crippen LogP contribution is 2.20. The Bertz CT molecular complexity index is 271. The molecular weight excluding hydrogens is 197 g/mol. The molecule has 0 saturated carbocycles. The highest BCUT2D eigenvalue weighted by atomic mass is 19.4. The summed E-state index contributed by atoms with van der Waals surface area (Å²) in [6.07, 6.45) is -5.95. The summed E-state index contributed by atoms with van der Waals surface area (Å²) in [7, 11) is 0. The SMILES string of the molecule is O[C@@H](COC(F)(F)F)c1ccccc1. The molecular formula is C9H9F3O2. The normalized spacial score (nSPS) is 14.0. The second-order valence-electron chi connectivity index (χ2n) is 2.68. The van der Waals surface area contributed by atoms with E-state index in [-0.39, 0.29) is 0 Å². The maximum atomic E-state index is 11.6. The van der Waals surface area contributed by atoms with Crippen molar-refractivity contribution in [1.29, 1.82) is 0 Å². The number of hydrogen-bond acceptors (Lipinski definition) is 2. The zero-order chi connectivity index (χ0) is 10.6. The minimum absolute atomic E-state index is 0.400. The Morgan fingerprint density at radius 1 is 1.21 bits per heavy atom. The van der Waals surface area contributed by atoms with Crippen LogP contribution in [0.2, 0.25) is 0 Å². The van der Waals surface area contributed by atoms with Crippen molar-refractivity contribution < 1.29 is 23.0 Å². The van der Waals surface area contributed by atoms with E-state index in [0.717, 1.165) is 0 Å². The van der Waals surface area contributed by atoms with Gasteiger partial charge in [0.1, 0.15) is 6.10 Å². The van der Waals surface area contributed by atoms with E-state index >= 15 is 0 Å². The molecule has 0 fully saturated rings. The Balaban J connectivity index is 2.48. The van der Waals surface area contributed by atoms with E-state index < -0.39 is 19.1 Å². The van der Waals surface area contributed by atoms with Gasteiger partial charge in [0.05, 0.1) is 6.61 Å².